The van der Waals surface area contributed by atoms with Crippen LogP contribution in [0.1, 0.15) is 31.1 Å². The quantitative estimate of drug-likeness (QED) is 0.664. The molecule has 98 valence electrons. The molecule has 1 aromatic carbocycles. The fourth-order valence-electron chi connectivity index (χ4n) is 1.28. The maximum Gasteiger partial charge on any atom is 0.338 e. The van der Waals surface area contributed by atoms with Crippen LogP contribution in [0.2, 0.25) is 0 Å². The van der Waals surface area contributed by atoms with Crippen LogP contribution >= 0.6 is 22.6 Å². The third kappa shape index (κ3) is 5.48. The SMILES string of the molecule is CC(C)(C)NC(=O)COC(=O)c1cccc(I)c1. The Bertz CT molecular complexity index is 452. The fourth-order valence-corrected chi connectivity index (χ4v) is 1.83. The molecule has 0 aliphatic rings. The Balaban J connectivity index is 2.49. The molecule has 0 spiro atoms. The summed E-state index contributed by atoms with van der Waals surface area (Å²) in [7, 11) is 0. The van der Waals surface area contributed by atoms with E-state index in [-0.39, 0.29) is 18.1 Å². The van der Waals surface area contributed by atoms with Crippen LogP contribution in [-0.2, 0) is 9.53 Å². The molecule has 1 amide bonds. The zero-order valence-electron chi connectivity index (χ0n) is 10.6. The molecule has 0 bridgehead atoms. The number of esters is 1. The van der Waals surface area contributed by atoms with Gasteiger partial charge in [0.15, 0.2) is 6.61 Å². The van der Waals surface area contributed by atoms with E-state index in [9.17, 15) is 9.59 Å². The number of halogens is 1. The van der Waals surface area contributed by atoms with Gasteiger partial charge in [-0.1, -0.05) is 6.07 Å². The lowest BCUT2D eigenvalue weighted by atomic mass is 10.1. The fraction of sp³-hybridized carbons (Fsp3) is 0.385. The van der Waals surface area contributed by atoms with Gasteiger partial charge < -0.3 is 10.1 Å². The Morgan fingerprint density at radius 2 is 2.00 bits per heavy atom. The van der Waals surface area contributed by atoms with Crippen molar-refractivity contribution in [2.75, 3.05) is 6.61 Å². The number of carbonyl (C=O) groups is 2. The molecule has 0 radical (unpaired) electrons. The molecule has 0 aromatic heterocycles. The molecule has 0 heterocycles. The molecule has 0 atom stereocenters. The zero-order chi connectivity index (χ0) is 13.8. The topological polar surface area (TPSA) is 55.4 Å². The molecule has 1 rings (SSSR count). The van der Waals surface area contributed by atoms with Crippen LogP contribution in [0.3, 0.4) is 0 Å². The molecular formula is C13H16INO3. The summed E-state index contributed by atoms with van der Waals surface area (Å²) in [6, 6.07) is 7.02. The van der Waals surface area contributed by atoms with E-state index in [1.54, 1.807) is 18.2 Å². The summed E-state index contributed by atoms with van der Waals surface area (Å²) >= 11 is 2.11. The maximum absolute atomic E-state index is 11.7. The van der Waals surface area contributed by atoms with Gasteiger partial charge in [-0.3, -0.25) is 4.79 Å². The number of amides is 1. The van der Waals surface area contributed by atoms with Gasteiger partial charge in [0.05, 0.1) is 5.56 Å². The number of hydrogen-bond acceptors (Lipinski definition) is 3. The number of benzene rings is 1. The lowest BCUT2D eigenvalue weighted by molar-refractivity contribution is -0.125. The van der Waals surface area contributed by atoms with Crippen LogP contribution in [0, 0.1) is 3.57 Å². The van der Waals surface area contributed by atoms with E-state index in [1.807, 2.05) is 26.8 Å². The standard InChI is InChI=1S/C13H16INO3/c1-13(2,3)15-11(16)8-18-12(17)9-5-4-6-10(14)7-9/h4-7H,8H2,1-3H3,(H,15,16). The van der Waals surface area contributed by atoms with Gasteiger partial charge >= 0.3 is 5.97 Å². The minimum absolute atomic E-state index is 0.262. The first kappa shape index (κ1) is 14.9. The minimum atomic E-state index is -0.488. The van der Waals surface area contributed by atoms with E-state index < -0.39 is 5.97 Å². The summed E-state index contributed by atoms with van der Waals surface area (Å²) < 4.78 is 5.88. The van der Waals surface area contributed by atoms with Crippen molar-refractivity contribution in [2.24, 2.45) is 0 Å². The van der Waals surface area contributed by atoms with E-state index in [2.05, 4.69) is 27.9 Å². The molecule has 18 heavy (non-hydrogen) atoms. The van der Waals surface area contributed by atoms with Crippen LogP contribution in [0.5, 0.6) is 0 Å². The third-order valence-corrected chi connectivity index (χ3v) is 2.58. The number of carbonyl (C=O) groups excluding carboxylic acids is 2. The first-order valence-corrected chi connectivity index (χ1v) is 6.59. The van der Waals surface area contributed by atoms with Crippen molar-refractivity contribution in [1.82, 2.24) is 5.32 Å². The van der Waals surface area contributed by atoms with Crippen LogP contribution in [0.25, 0.3) is 0 Å². The molecule has 0 fully saturated rings. The van der Waals surface area contributed by atoms with E-state index >= 15 is 0 Å². The Hall–Kier alpha value is -1.11. The Morgan fingerprint density at radius 3 is 2.56 bits per heavy atom. The molecule has 0 aliphatic carbocycles. The van der Waals surface area contributed by atoms with Gasteiger partial charge in [-0.05, 0) is 61.6 Å². The van der Waals surface area contributed by atoms with E-state index in [0.29, 0.717) is 5.56 Å². The Kier molecular flexibility index (Phi) is 5.13. The summed E-state index contributed by atoms with van der Waals surface area (Å²) in [4.78, 5) is 23.1. The lowest BCUT2D eigenvalue weighted by Gasteiger charge is -2.20. The largest absolute Gasteiger partial charge is 0.452 e. The van der Waals surface area contributed by atoms with Crippen molar-refractivity contribution in [3.63, 3.8) is 0 Å². The second kappa shape index (κ2) is 6.17. The molecule has 1 N–H and O–H groups in total. The van der Waals surface area contributed by atoms with Crippen molar-refractivity contribution in [2.45, 2.75) is 26.3 Å². The van der Waals surface area contributed by atoms with Crippen molar-refractivity contribution in [1.29, 1.82) is 0 Å². The summed E-state index contributed by atoms with van der Waals surface area (Å²) in [5, 5.41) is 2.72. The van der Waals surface area contributed by atoms with Crippen molar-refractivity contribution in [3.8, 4) is 0 Å². The maximum atomic E-state index is 11.7. The molecule has 0 aliphatic heterocycles. The number of ether oxygens (including phenoxy) is 1. The first-order chi connectivity index (χ1) is 8.28. The predicted molar refractivity (Wildman–Crippen MR) is 77.3 cm³/mol. The monoisotopic (exact) mass is 361 g/mol. The number of rotatable bonds is 3. The van der Waals surface area contributed by atoms with E-state index in [0.717, 1.165) is 3.57 Å². The minimum Gasteiger partial charge on any atom is -0.452 e. The summed E-state index contributed by atoms with van der Waals surface area (Å²) in [6.45, 7) is 5.34. The number of hydrogen-bond donors (Lipinski definition) is 1. The first-order valence-electron chi connectivity index (χ1n) is 5.51. The van der Waals surface area contributed by atoms with Crippen molar-refractivity contribution >= 4 is 34.5 Å². The van der Waals surface area contributed by atoms with Crippen molar-refractivity contribution in [3.05, 3.63) is 33.4 Å². The van der Waals surface area contributed by atoms with Gasteiger partial charge in [0.2, 0.25) is 0 Å². The van der Waals surface area contributed by atoms with Gasteiger partial charge in [-0.15, -0.1) is 0 Å². The molecule has 1 aromatic rings. The average Bonchev–Trinajstić information content (AvgIpc) is 2.23. The zero-order valence-corrected chi connectivity index (χ0v) is 12.8. The van der Waals surface area contributed by atoms with E-state index in [4.69, 9.17) is 4.74 Å². The van der Waals surface area contributed by atoms with Gasteiger partial charge in [0.1, 0.15) is 0 Å². The summed E-state index contributed by atoms with van der Waals surface area (Å²) in [5.74, 6) is -0.793. The van der Waals surface area contributed by atoms with Gasteiger partial charge in [0, 0.05) is 9.11 Å². The Morgan fingerprint density at radius 1 is 1.33 bits per heavy atom. The van der Waals surface area contributed by atoms with Gasteiger partial charge in [-0.2, -0.15) is 0 Å². The normalized spacial score (nSPS) is 10.9. The summed E-state index contributed by atoms with van der Waals surface area (Å²) in [6.07, 6.45) is 0. The molecular weight excluding hydrogens is 345 g/mol. The highest BCUT2D eigenvalue weighted by atomic mass is 127. The van der Waals surface area contributed by atoms with Gasteiger partial charge in [0.25, 0.3) is 5.91 Å². The molecule has 5 heteroatoms. The second-order valence-corrected chi connectivity index (χ2v) is 6.13. The third-order valence-electron chi connectivity index (χ3n) is 1.91. The smallest absolute Gasteiger partial charge is 0.338 e. The molecule has 0 saturated heterocycles. The van der Waals surface area contributed by atoms with Crippen molar-refractivity contribution < 1.29 is 14.3 Å². The second-order valence-electron chi connectivity index (χ2n) is 4.88. The average molecular weight is 361 g/mol. The molecule has 0 saturated carbocycles. The summed E-state index contributed by atoms with van der Waals surface area (Å²) in [5.41, 5.74) is 0.122. The predicted octanol–water partition coefficient (Wildman–Crippen LogP) is 2.36. The highest BCUT2D eigenvalue weighted by Crippen LogP contribution is 2.09. The van der Waals surface area contributed by atoms with Crippen LogP contribution < -0.4 is 5.32 Å². The molecule has 0 unspecified atom stereocenters. The molecule has 4 nitrogen and oxygen atoms in total. The van der Waals surface area contributed by atoms with Crippen LogP contribution in [0.15, 0.2) is 24.3 Å². The van der Waals surface area contributed by atoms with Crippen LogP contribution in [-0.4, -0.2) is 24.0 Å². The van der Waals surface area contributed by atoms with Gasteiger partial charge in [-0.25, -0.2) is 4.79 Å². The highest BCUT2D eigenvalue weighted by Gasteiger charge is 2.15. The lowest BCUT2D eigenvalue weighted by Crippen LogP contribution is -2.42. The van der Waals surface area contributed by atoms with Crippen LogP contribution in [0.4, 0.5) is 0 Å². The van der Waals surface area contributed by atoms with E-state index in [1.165, 1.54) is 0 Å². The Labute approximate surface area is 120 Å². The highest BCUT2D eigenvalue weighted by molar-refractivity contribution is 14.1. The number of nitrogens with one attached hydrogen (secondary N) is 1.